The zero-order valence-electron chi connectivity index (χ0n) is 11.9. The van der Waals surface area contributed by atoms with Crippen molar-refractivity contribution in [2.45, 2.75) is 26.2 Å². The second-order valence-corrected chi connectivity index (χ2v) is 5.95. The van der Waals surface area contributed by atoms with Crippen LogP contribution in [0.3, 0.4) is 0 Å². The van der Waals surface area contributed by atoms with Gasteiger partial charge in [0.05, 0.1) is 15.7 Å². The van der Waals surface area contributed by atoms with E-state index in [0.29, 0.717) is 28.8 Å². The van der Waals surface area contributed by atoms with Crippen LogP contribution in [0.15, 0.2) is 18.2 Å². The maximum Gasteiger partial charge on any atom is 0.223 e. The maximum atomic E-state index is 11.8. The number of carbonyl (C=O) groups excluding carboxylic acids is 2. The molecule has 0 radical (unpaired) electrons. The summed E-state index contributed by atoms with van der Waals surface area (Å²) in [4.78, 5) is 25.1. The number of hydrogen-bond acceptors (Lipinski definition) is 2. The molecule has 21 heavy (non-hydrogen) atoms. The van der Waals surface area contributed by atoms with Crippen LogP contribution in [0.5, 0.6) is 0 Å². The van der Waals surface area contributed by atoms with E-state index in [1.807, 2.05) is 0 Å². The minimum atomic E-state index is -0.142. The monoisotopic (exact) mass is 328 g/mol. The molecule has 1 aliphatic rings. The van der Waals surface area contributed by atoms with Gasteiger partial charge in [0.2, 0.25) is 11.8 Å². The van der Waals surface area contributed by atoms with E-state index in [4.69, 9.17) is 23.2 Å². The molecule has 4 nitrogen and oxygen atoms in total. The van der Waals surface area contributed by atoms with Crippen LogP contribution in [0.2, 0.25) is 10.0 Å². The first-order valence-corrected chi connectivity index (χ1v) is 7.76. The Labute approximate surface area is 134 Å². The summed E-state index contributed by atoms with van der Waals surface area (Å²) < 4.78 is 0. The van der Waals surface area contributed by atoms with Gasteiger partial charge in [-0.15, -0.1) is 0 Å². The number of hydrogen-bond donors (Lipinski definition) is 1. The van der Waals surface area contributed by atoms with Crippen LogP contribution in [0, 0.1) is 5.92 Å². The molecule has 114 valence electrons. The molecule has 2 rings (SSSR count). The largest absolute Gasteiger partial charge is 0.354 e. The van der Waals surface area contributed by atoms with Crippen molar-refractivity contribution >= 4 is 40.7 Å². The molecular weight excluding hydrogens is 311 g/mol. The van der Waals surface area contributed by atoms with Crippen LogP contribution in [0.1, 0.15) is 26.2 Å². The Morgan fingerprint density at radius 1 is 1.33 bits per heavy atom. The fraction of sp³-hybridized carbons (Fsp3) is 0.467. The first-order chi connectivity index (χ1) is 10.0. The van der Waals surface area contributed by atoms with Crippen molar-refractivity contribution in [1.82, 2.24) is 5.32 Å². The molecule has 0 bridgehead atoms. The van der Waals surface area contributed by atoms with Gasteiger partial charge in [-0.25, -0.2) is 0 Å². The molecular formula is C15H18Cl2N2O2. The van der Waals surface area contributed by atoms with Gasteiger partial charge in [-0.1, -0.05) is 35.7 Å². The van der Waals surface area contributed by atoms with E-state index in [1.165, 1.54) is 11.8 Å². The first-order valence-electron chi connectivity index (χ1n) is 7.00. The van der Waals surface area contributed by atoms with Gasteiger partial charge in [-0.05, 0) is 25.0 Å². The molecule has 1 aromatic carbocycles. The van der Waals surface area contributed by atoms with Crippen LogP contribution >= 0.6 is 23.2 Å². The summed E-state index contributed by atoms with van der Waals surface area (Å²) >= 11 is 12.1. The summed E-state index contributed by atoms with van der Waals surface area (Å²) in [6.45, 7) is 2.23. The van der Waals surface area contributed by atoms with E-state index in [-0.39, 0.29) is 17.7 Å². The lowest BCUT2D eigenvalue weighted by Gasteiger charge is -2.26. The summed E-state index contributed by atoms with van der Waals surface area (Å²) in [6.07, 6.45) is 3.04. The van der Waals surface area contributed by atoms with Crippen molar-refractivity contribution in [2.75, 3.05) is 18.0 Å². The topological polar surface area (TPSA) is 49.4 Å². The van der Waals surface area contributed by atoms with E-state index in [0.717, 1.165) is 19.3 Å². The lowest BCUT2D eigenvalue weighted by Crippen LogP contribution is -2.41. The number of rotatable bonds is 5. The summed E-state index contributed by atoms with van der Waals surface area (Å²) in [5, 5.41) is 3.61. The summed E-state index contributed by atoms with van der Waals surface area (Å²) in [6, 6.07) is 5.15. The zero-order valence-corrected chi connectivity index (χ0v) is 13.4. The van der Waals surface area contributed by atoms with Crippen LogP contribution < -0.4 is 10.2 Å². The highest BCUT2D eigenvalue weighted by molar-refractivity contribution is 6.44. The van der Waals surface area contributed by atoms with Gasteiger partial charge in [0.15, 0.2) is 0 Å². The van der Waals surface area contributed by atoms with Gasteiger partial charge in [0.1, 0.15) is 0 Å². The van der Waals surface area contributed by atoms with Gasteiger partial charge in [0.25, 0.3) is 0 Å². The molecule has 1 aliphatic carbocycles. The molecule has 0 saturated heterocycles. The molecule has 1 aromatic rings. The van der Waals surface area contributed by atoms with E-state index < -0.39 is 0 Å². The number of halogens is 2. The predicted octanol–water partition coefficient (Wildman–Crippen LogP) is 3.26. The van der Waals surface area contributed by atoms with Crippen molar-refractivity contribution in [3.05, 3.63) is 28.2 Å². The number of amides is 2. The van der Waals surface area contributed by atoms with Crippen LogP contribution in [0.4, 0.5) is 5.69 Å². The standard InChI is InChI=1S/C15H18Cl2N2O2/c1-10(20)19(13-7-3-6-12(16)14(13)17)9-8-18-15(21)11-4-2-5-11/h3,6-7,11H,2,4-5,8-9H2,1H3,(H,18,21). The number of benzene rings is 1. The Bertz CT molecular complexity index is 544. The van der Waals surface area contributed by atoms with Crippen molar-refractivity contribution in [1.29, 1.82) is 0 Å². The van der Waals surface area contributed by atoms with Crippen molar-refractivity contribution in [2.24, 2.45) is 5.92 Å². The minimum absolute atomic E-state index is 0.0712. The Hall–Kier alpha value is -1.26. The molecule has 0 heterocycles. The SMILES string of the molecule is CC(=O)N(CCNC(=O)C1CCC1)c1cccc(Cl)c1Cl. The molecule has 6 heteroatoms. The van der Waals surface area contributed by atoms with Gasteiger partial charge < -0.3 is 10.2 Å². The minimum Gasteiger partial charge on any atom is -0.354 e. The highest BCUT2D eigenvalue weighted by atomic mass is 35.5. The Balaban J connectivity index is 1.97. The quantitative estimate of drug-likeness (QED) is 0.901. The molecule has 0 aliphatic heterocycles. The van der Waals surface area contributed by atoms with Crippen molar-refractivity contribution in [3.8, 4) is 0 Å². The highest BCUT2D eigenvalue weighted by Gasteiger charge is 2.25. The lowest BCUT2D eigenvalue weighted by molar-refractivity contribution is -0.127. The predicted molar refractivity (Wildman–Crippen MR) is 84.8 cm³/mol. The fourth-order valence-corrected chi connectivity index (χ4v) is 2.65. The number of anilines is 1. The second-order valence-electron chi connectivity index (χ2n) is 5.16. The van der Waals surface area contributed by atoms with E-state index in [2.05, 4.69) is 5.32 Å². The Morgan fingerprint density at radius 2 is 2.05 bits per heavy atom. The summed E-state index contributed by atoms with van der Waals surface area (Å²) in [7, 11) is 0. The molecule has 1 saturated carbocycles. The molecule has 0 aromatic heterocycles. The first kappa shape index (κ1) is 16.1. The van der Waals surface area contributed by atoms with E-state index >= 15 is 0 Å². The summed E-state index contributed by atoms with van der Waals surface area (Å²) in [5.74, 6) is 0.0736. The third-order valence-corrected chi connectivity index (χ3v) is 4.52. The van der Waals surface area contributed by atoms with Crippen LogP contribution in [0.25, 0.3) is 0 Å². The second kappa shape index (κ2) is 7.14. The van der Waals surface area contributed by atoms with Crippen molar-refractivity contribution < 1.29 is 9.59 Å². The van der Waals surface area contributed by atoms with Crippen LogP contribution in [-0.4, -0.2) is 24.9 Å². The average Bonchev–Trinajstić information content (AvgIpc) is 2.36. The van der Waals surface area contributed by atoms with Gasteiger partial charge in [0, 0.05) is 25.9 Å². The molecule has 0 spiro atoms. The third kappa shape index (κ3) is 3.89. The molecule has 0 unspecified atom stereocenters. The third-order valence-electron chi connectivity index (χ3n) is 3.71. The zero-order chi connectivity index (χ0) is 15.4. The number of carbonyl (C=O) groups is 2. The van der Waals surface area contributed by atoms with Gasteiger partial charge in [-0.2, -0.15) is 0 Å². The molecule has 2 amide bonds. The van der Waals surface area contributed by atoms with Gasteiger partial charge >= 0.3 is 0 Å². The maximum absolute atomic E-state index is 11.8. The van der Waals surface area contributed by atoms with Crippen LogP contribution in [-0.2, 0) is 9.59 Å². The Kier molecular flexibility index (Phi) is 5.48. The Morgan fingerprint density at radius 3 is 2.62 bits per heavy atom. The summed E-state index contributed by atoms with van der Waals surface area (Å²) in [5.41, 5.74) is 0.564. The normalized spacial score (nSPS) is 14.4. The highest BCUT2D eigenvalue weighted by Crippen LogP contribution is 2.32. The van der Waals surface area contributed by atoms with Gasteiger partial charge in [-0.3, -0.25) is 9.59 Å². The average molecular weight is 329 g/mol. The lowest BCUT2D eigenvalue weighted by atomic mass is 9.85. The van der Waals surface area contributed by atoms with E-state index in [9.17, 15) is 9.59 Å². The van der Waals surface area contributed by atoms with Crippen molar-refractivity contribution in [3.63, 3.8) is 0 Å². The molecule has 1 N–H and O–H groups in total. The number of nitrogens with one attached hydrogen (secondary N) is 1. The molecule has 1 fully saturated rings. The van der Waals surface area contributed by atoms with E-state index in [1.54, 1.807) is 18.2 Å². The number of nitrogens with zero attached hydrogens (tertiary/aromatic N) is 1. The smallest absolute Gasteiger partial charge is 0.223 e. The molecule has 0 atom stereocenters. The fourth-order valence-electron chi connectivity index (χ4n) is 2.25.